The maximum atomic E-state index is 12.7. The number of carbonyl (C=O) groups is 1. The first-order chi connectivity index (χ1) is 11.5. The zero-order chi connectivity index (χ0) is 17.1. The molecule has 0 radical (unpaired) electrons. The van der Waals surface area contributed by atoms with E-state index in [9.17, 15) is 4.79 Å². The number of hydrogen-bond donors (Lipinski definition) is 0. The highest BCUT2D eigenvalue weighted by molar-refractivity contribution is 5.92. The first-order valence-corrected chi connectivity index (χ1v) is 7.97. The standard InChI is InChI=1S/C20H21N3O/c1-15-9-11-17(12-10-15)14-22(3)20(24)19-13-16(2)23(21-19)18-7-5-4-6-8-18/h4-13H,14H2,1-3H3. The molecule has 0 fully saturated rings. The van der Waals surface area contributed by atoms with E-state index in [2.05, 4.69) is 24.2 Å². The molecule has 0 saturated carbocycles. The topological polar surface area (TPSA) is 38.1 Å². The smallest absolute Gasteiger partial charge is 0.274 e. The molecule has 0 bridgehead atoms. The molecule has 1 aromatic heterocycles. The van der Waals surface area contributed by atoms with Crippen LogP contribution < -0.4 is 0 Å². The maximum Gasteiger partial charge on any atom is 0.274 e. The van der Waals surface area contributed by atoms with Crippen molar-refractivity contribution in [1.82, 2.24) is 14.7 Å². The molecule has 3 rings (SSSR count). The summed E-state index contributed by atoms with van der Waals surface area (Å²) in [6, 6.07) is 19.9. The fourth-order valence-electron chi connectivity index (χ4n) is 2.64. The van der Waals surface area contributed by atoms with Crippen LogP contribution in [0, 0.1) is 13.8 Å². The van der Waals surface area contributed by atoms with Crippen molar-refractivity contribution in [2.75, 3.05) is 7.05 Å². The molecule has 0 atom stereocenters. The van der Waals surface area contributed by atoms with Crippen LogP contribution in [0.25, 0.3) is 5.69 Å². The van der Waals surface area contributed by atoms with E-state index in [1.165, 1.54) is 5.56 Å². The van der Waals surface area contributed by atoms with Crippen LogP contribution in [0.5, 0.6) is 0 Å². The van der Waals surface area contributed by atoms with Gasteiger partial charge in [0.2, 0.25) is 0 Å². The maximum absolute atomic E-state index is 12.7. The molecule has 122 valence electrons. The van der Waals surface area contributed by atoms with Crippen LogP contribution in [-0.2, 0) is 6.54 Å². The Labute approximate surface area is 142 Å². The van der Waals surface area contributed by atoms with Gasteiger partial charge in [-0.3, -0.25) is 4.79 Å². The van der Waals surface area contributed by atoms with Crippen molar-refractivity contribution in [1.29, 1.82) is 0 Å². The Morgan fingerprint density at radius 1 is 1.04 bits per heavy atom. The Hall–Kier alpha value is -2.88. The van der Waals surface area contributed by atoms with Crippen molar-refractivity contribution in [3.63, 3.8) is 0 Å². The van der Waals surface area contributed by atoms with E-state index in [-0.39, 0.29) is 5.91 Å². The Bertz CT molecular complexity index is 835. The first-order valence-electron chi connectivity index (χ1n) is 7.97. The van der Waals surface area contributed by atoms with Gasteiger partial charge in [-0.25, -0.2) is 4.68 Å². The second-order valence-electron chi connectivity index (χ2n) is 6.07. The summed E-state index contributed by atoms with van der Waals surface area (Å²) < 4.78 is 1.80. The van der Waals surface area contributed by atoms with Gasteiger partial charge < -0.3 is 4.90 Å². The summed E-state index contributed by atoms with van der Waals surface area (Å²) in [6.45, 7) is 4.57. The first kappa shape index (κ1) is 16.0. The van der Waals surface area contributed by atoms with Crippen molar-refractivity contribution >= 4 is 5.91 Å². The molecule has 2 aromatic carbocycles. The van der Waals surface area contributed by atoms with Crippen LogP contribution in [0.3, 0.4) is 0 Å². The highest BCUT2D eigenvalue weighted by atomic mass is 16.2. The summed E-state index contributed by atoms with van der Waals surface area (Å²) in [5.74, 6) is -0.0756. The third-order valence-electron chi connectivity index (χ3n) is 3.99. The van der Waals surface area contributed by atoms with Gasteiger partial charge in [-0.2, -0.15) is 5.10 Å². The molecule has 0 aliphatic carbocycles. The predicted octanol–water partition coefficient (Wildman–Crippen LogP) is 3.76. The molecule has 24 heavy (non-hydrogen) atoms. The summed E-state index contributed by atoms with van der Waals surface area (Å²) in [6.07, 6.45) is 0. The molecule has 0 saturated heterocycles. The number of aryl methyl sites for hydroxylation is 2. The zero-order valence-electron chi connectivity index (χ0n) is 14.2. The minimum atomic E-state index is -0.0756. The molecule has 1 amide bonds. The van der Waals surface area contributed by atoms with E-state index in [1.54, 1.807) is 16.6 Å². The number of hydrogen-bond acceptors (Lipinski definition) is 2. The van der Waals surface area contributed by atoms with E-state index in [0.717, 1.165) is 16.9 Å². The lowest BCUT2D eigenvalue weighted by Crippen LogP contribution is -2.26. The minimum absolute atomic E-state index is 0.0756. The van der Waals surface area contributed by atoms with E-state index in [1.807, 2.05) is 55.5 Å². The van der Waals surface area contributed by atoms with Gasteiger partial charge in [0, 0.05) is 19.3 Å². The lowest BCUT2D eigenvalue weighted by molar-refractivity contribution is 0.0779. The summed E-state index contributed by atoms with van der Waals surface area (Å²) in [5, 5.41) is 4.48. The molecule has 0 aliphatic heterocycles. The second kappa shape index (κ2) is 6.71. The normalized spacial score (nSPS) is 10.6. The summed E-state index contributed by atoms with van der Waals surface area (Å²) in [7, 11) is 1.80. The molecular weight excluding hydrogens is 298 g/mol. The molecule has 4 heteroatoms. The molecule has 3 aromatic rings. The monoisotopic (exact) mass is 319 g/mol. The van der Waals surface area contributed by atoms with Gasteiger partial charge in [-0.15, -0.1) is 0 Å². The number of rotatable bonds is 4. The lowest BCUT2D eigenvalue weighted by atomic mass is 10.1. The van der Waals surface area contributed by atoms with E-state index in [4.69, 9.17) is 0 Å². The quantitative estimate of drug-likeness (QED) is 0.734. The minimum Gasteiger partial charge on any atom is -0.336 e. The molecule has 0 aliphatic rings. The van der Waals surface area contributed by atoms with Crippen LogP contribution in [0.1, 0.15) is 27.3 Å². The Morgan fingerprint density at radius 2 is 1.71 bits per heavy atom. The van der Waals surface area contributed by atoms with Crippen molar-refractivity contribution in [2.24, 2.45) is 0 Å². The summed E-state index contributed by atoms with van der Waals surface area (Å²) in [4.78, 5) is 14.4. The molecule has 1 heterocycles. The average molecular weight is 319 g/mol. The van der Waals surface area contributed by atoms with Gasteiger partial charge in [0.1, 0.15) is 0 Å². The predicted molar refractivity (Wildman–Crippen MR) is 95.3 cm³/mol. The molecule has 0 N–H and O–H groups in total. The number of benzene rings is 2. The number of carbonyl (C=O) groups excluding carboxylic acids is 1. The van der Waals surface area contributed by atoms with Crippen LogP contribution in [0.2, 0.25) is 0 Å². The summed E-state index contributed by atoms with van der Waals surface area (Å²) in [5.41, 5.74) is 4.68. The summed E-state index contributed by atoms with van der Waals surface area (Å²) >= 11 is 0. The van der Waals surface area contributed by atoms with Gasteiger partial charge in [-0.1, -0.05) is 48.0 Å². The van der Waals surface area contributed by atoms with Crippen molar-refractivity contribution < 1.29 is 4.79 Å². The fourth-order valence-corrected chi connectivity index (χ4v) is 2.64. The second-order valence-corrected chi connectivity index (χ2v) is 6.07. The van der Waals surface area contributed by atoms with Crippen molar-refractivity contribution in [3.8, 4) is 5.69 Å². The third-order valence-corrected chi connectivity index (χ3v) is 3.99. The largest absolute Gasteiger partial charge is 0.336 e. The van der Waals surface area contributed by atoms with Gasteiger partial charge in [0.05, 0.1) is 5.69 Å². The van der Waals surface area contributed by atoms with Gasteiger partial charge >= 0.3 is 0 Å². The van der Waals surface area contributed by atoms with Crippen molar-refractivity contribution in [2.45, 2.75) is 20.4 Å². The Kier molecular flexibility index (Phi) is 4.47. The highest BCUT2D eigenvalue weighted by Crippen LogP contribution is 2.14. The number of amides is 1. The molecule has 4 nitrogen and oxygen atoms in total. The van der Waals surface area contributed by atoms with Gasteiger partial charge in [0.15, 0.2) is 5.69 Å². The lowest BCUT2D eigenvalue weighted by Gasteiger charge is -2.16. The van der Waals surface area contributed by atoms with E-state index in [0.29, 0.717) is 12.2 Å². The van der Waals surface area contributed by atoms with Crippen LogP contribution >= 0.6 is 0 Å². The SMILES string of the molecule is Cc1ccc(CN(C)C(=O)c2cc(C)n(-c3ccccc3)n2)cc1. The van der Waals surface area contributed by atoms with Gasteiger partial charge in [0.25, 0.3) is 5.91 Å². The Balaban J connectivity index is 1.78. The average Bonchev–Trinajstić information content (AvgIpc) is 2.99. The molecular formula is C20H21N3O. The number of para-hydroxylation sites is 1. The van der Waals surface area contributed by atoms with Crippen LogP contribution in [0.4, 0.5) is 0 Å². The molecule has 0 spiro atoms. The van der Waals surface area contributed by atoms with E-state index >= 15 is 0 Å². The van der Waals surface area contributed by atoms with Crippen LogP contribution in [-0.4, -0.2) is 27.6 Å². The fraction of sp³-hybridized carbons (Fsp3) is 0.200. The van der Waals surface area contributed by atoms with Gasteiger partial charge in [-0.05, 0) is 37.6 Å². The highest BCUT2D eigenvalue weighted by Gasteiger charge is 2.17. The zero-order valence-corrected chi connectivity index (χ0v) is 14.2. The van der Waals surface area contributed by atoms with Crippen LogP contribution in [0.15, 0.2) is 60.7 Å². The Morgan fingerprint density at radius 3 is 2.38 bits per heavy atom. The van der Waals surface area contributed by atoms with E-state index < -0.39 is 0 Å². The number of aromatic nitrogens is 2. The van der Waals surface area contributed by atoms with Crippen molar-refractivity contribution in [3.05, 3.63) is 83.2 Å². The third kappa shape index (κ3) is 3.38. The number of nitrogens with zero attached hydrogens (tertiary/aromatic N) is 3. The molecule has 0 unspecified atom stereocenters.